The van der Waals surface area contributed by atoms with Gasteiger partial charge in [-0.05, 0) is 48.4 Å². The molecule has 2 atom stereocenters. The summed E-state index contributed by atoms with van der Waals surface area (Å²) in [7, 11) is 0. The number of likely N-dealkylation sites (tertiary alicyclic amines) is 1. The number of aromatic nitrogens is 3. The molecule has 6 heteroatoms. The molecule has 3 aromatic heterocycles. The first-order chi connectivity index (χ1) is 13.8. The van der Waals surface area contributed by atoms with Crippen molar-refractivity contribution in [2.24, 2.45) is 0 Å². The van der Waals surface area contributed by atoms with E-state index in [1.807, 2.05) is 29.8 Å². The largest absolute Gasteiger partial charge is 0.339 e. The summed E-state index contributed by atoms with van der Waals surface area (Å²) in [5, 5.41) is 6.55. The number of hydrogen-bond acceptors (Lipinski definition) is 6. The molecule has 4 heterocycles. The van der Waals surface area contributed by atoms with Crippen molar-refractivity contribution in [2.75, 3.05) is 13.1 Å². The van der Waals surface area contributed by atoms with Crippen molar-refractivity contribution in [3.63, 3.8) is 0 Å². The van der Waals surface area contributed by atoms with Crippen LogP contribution in [0, 0.1) is 6.92 Å². The minimum absolute atomic E-state index is 0.229. The van der Waals surface area contributed by atoms with Crippen molar-refractivity contribution < 1.29 is 4.52 Å². The molecule has 0 radical (unpaired) electrons. The van der Waals surface area contributed by atoms with Crippen LogP contribution < -0.4 is 0 Å². The summed E-state index contributed by atoms with van der Waals surface area (Å²) in [5.74, 6) is 2.78. The van der Waals surface area contributed by atoms with Crippen LogP contribution in [0.25, 0.3) is 0 Å². The van der Waals surface area contributed by atoms with Gasteiger partial charge in [0.25, 0.3) is 0 Å². The maximum Gasteiger partial charge on any atom is 0.231 e. The van der Waals surface area contributed by atoms with E-state index in [2.05, 4.69) is 39.5 Å². The first-order valence-corrected chi connectivity index (χ1v) is 11.1. The Bertz CT molecular complexity index is 916. The SMILES string of the molecule is Cc1ccsc1CN1CC(c2cccnc2)C(c2nc(C3CCCC3)no2)C1. The summed E-state index contributed by atoms with van der Waals surface area (Å²) in [6, 6.07) is 6.41. The molecule has 1 aliphatic carbocycles. The molecule has 3 aromatic rings. The highest BCUT2D eigenvalue weighted by Crippen LogP contribution is 2.41. The Labute approximate surface area is 169 Å². The van der Waals surface area contributed by atoms with Crippen LogP contribution in [-0.4, -0.2) is 33.1 Å². The van der Waals surface area contributed by atoms with Gasteiger partial charge in [-0.3, -0.25) is 9.88 Å². The summed E-state index contributed by atoms with van der Waals surface area (Å²) in [4.78, 5) is 13.2. The van der Waals surface area contributed by atoms with Gasteiger partial charge in [-0.1, -0.05) is 24.1 Å². The molecule has 146 valence electrons. The first kappa shape index (κ1) is 18.0. The second-order valence-electron chi connectivity index (χ2n) is 8.19. The van der Waals surface area contributed by atoms with Gasteiger partial charge in [0.15, 0.2) is 5.82 Å². The van der Waals surface area contributed by atoms with Crippen molar-refractivity contribution in [3.05, 3.63) is 63.7 Å². The van der Waals surface area contributed by atoms with Gasteiger partial charge >= 0.3 is 0 Å². The van der Waals surface area contributed by atoms with E-state index >= 15 is 0 Å². The Morgan fingerprint density at radius 3 is 2.79 bits per heavy atom. The smallest absolute Gasteiger partial charge is 0.231 e. The van der Waals surface area contributed by atoms with Crippen molar-refractivity contribution >= 4 is 11.3 Å². The Balaban J connectivity index is 1.41. The van der Waals surface area contributed by atoms with Gasteiger partial charge in [-0.15, -0.1) is 11.3 Å². The molecule has 1 saturated heterocycles. The second-order valence-corrected chi connectivity index (χ2v) is 9.19. The summed E-state index contributed by atoms with van der Waals surface area (Å²) < 4.78 is 5.81. The van der Waals surface area contributed by atoms with Gasteiger partial charge < -0.3 is 4.52 Å². The van der Waals surface area contributed by atoms with Crippen molar-refractivity contribution in [3.8, 4) is 0 Å². The standard InChI is InChI=1S/C22H26N4OS/c1-15-8-10-28-20(15)14-26-12-18(17-7-4-9-23-11-17)19(13-26)22-24-21(25-27-22)16-5-2-3-6-16/h4,7-11,16,18-19H,2-3,5-6,12-14H2,1H3. The van der Waals surface area contributed by atoms with E-state index in [0.29, 0.717) is 11.8 Å². The molecular formula is C22H26N4OS. The Morgan fingerprint density at radius 1 is 1.18 bits per heavy atom. The normalized spacial score (nSPS) is 23.6. The van der Waals surface area contributed by atoms with E-state index in [1.165, 1.54) is 41.7 Å². The minimum Gasteiger partial charge on any atom is -0.339 e. The first-order valence-electron chi connectivity index (χ1n) is 10.3. The molecule has 28 heavy (non-hydrogen) atoms. The summed E-state index contributed by atoms with van der Waals surface area (Å²) in [6.45, 7) is 5.13. The van der Waals surface area contributed by atoms with E-state index in [9.17, 15) is 0 Å². The lowest BCUT2D eigenvalue weighted by Gasteiger charge is -2.15. The Kier molecular flexibility index (Phi) is 4.99. The Hall–Kier alpha value is -2.05. The second kappa shape index (κ2) is 7.76. The van der Waals surface area contributed by atoms with Crippen molar-refractivity contribution in [1.29, 1.82) is 0 Å². The van der Waals surface area contributed by atoms with Gasteiger partial charge in [0.1, 0.15) is 0 Å². The minimum atomic E-state index is 0.229. The number of pyridine rings is 1. The molecule has 0 aromatic carbocycles. The highest BCUT2D eigenvalue weighted by atomic mass is 32.1. The lowest BCUT2D eigenvalue weighted by atomic mass is 9.90. The maximum atomic E-state index is 5.81. The molecule has 5 nitrogen and oxygen atoms in total. The van der Waals surface area contributed by atoms with Crippen LogP contribution in [0.2, 0.25) is 0 Å². The zero-order chi connectivity index (χ0) is 18.9. The predicted octanol–water partition coefficient (Wildman–Crippen LogP) is 4.88. The van der Waals surface area contributed by atoms with Crippen LogP contribution in [0.3, 0.4) is 0 Å². The monoisotopic (exact) mass is 394 g/mol. The van der Waals surface area contributed by atoms with E-state index < -0.39 is 0 Å². The van der Waals surface area contributed by atoms with E-state index in [0.717, 1.165) is 31.3 Å². The van der Waals surface area contributed by atoms with Crippen LogP contribution >= 0.6 is 11.3 Å². The molecule has 2 unspecified atom stereocenters. The number of nitrogens with zero attached hydrogens (tertiary/aromatic N) is 4. The van der Waals surface area contributed by atoms with Crippen LogP contribution in [0.5, 0.6) is 0 Å². The molecule has 2 fully saturated rings. The van der Waals surface area contributed by atoms with E-state index in [-0.39, 0.29) is 5.92 Å². The number of thiophene rings is 1. The highest BCUT2D eigenvalue weighted by Gasteiger charge is 2.39. The molecular weight excluding hydrogens is 368 g/mol. The average molecular weight is 395 g/mol. The van der Waals surface area contributed by atoms with Crippen LogP contribution in [-0.2, 0) is 6.54 Å². The molecule has 5 rings (SSSR count). The molecule has 0 bridgehead atoms. The molecule has 0 spiro atoms. The third-order valence-electron chi connectivity index (χ3n) is 6.34. The molecule has 0 amide bonds. The average Bonchev–Trinajstić information content (AvgIpc) is 3.50. The fraction of sp³-hybridized carbons (Fsp3) is 0.500. The van der Waals surface area contributed by atoms with Crippen molar-refractivity contribution in [1.82, 2.24) is 20.0 Å². The predicted molar refractivity (Wildman–Crippen MR) is 110 cm³/mol. The summed E-state index contributed by atoms with van der Waals surface area (Å²) in [5.41, 5.74) is 2.64. The fourth-order valence-electron chi connectivity index (χ4n) is 4.71. The third-order valence-corrected chi connectivity index (χ3v) is 7.35. The number of hydrogen-bond donors (Lipinski definition) is 0. The summed E-state index contributed by atoms with van der Waals surface area (Å²) >= 11 is 1.85. The van der Waals surface area contributed by atoms with Gasteiger partial charge in [0.05, 0.1) is 5.92 Å². The third kappa shape index (κ3) is 3.51. The lowest BCUT2D eigenvalue weighted by Crippen LogP contribution is -2.20. The zero-order valence-electron chi connectivity index (χ0n) is 16.3. The molecule has 2 aliphatic rings. The maximum absolute atomic E-state index is 5.81. The van der Waals surface area contributed by atoms with Crippen LogP contribution in [0.15, 0.2) is 40.5 Å². The van der Waals surface area contributed by atoms with Gasteiger partial charge in [-0.25, -0.2) is 0 Å². The number of rotatable bonds is 5. The fourth-order valence-corrected chi connectivity index (χ4v) is 5.66. The van der Waals surface area contributed by atoms with Gasteiger partial charge in [-0.2, -0.15) is 4.98 Å². The lowest BCUT2D eigenvalue weighted by molar-refractivity contribution is 0.309. The topological polar surface area (TPSA) is 55.1 Å². The van der Waals surface area contributed by atoms with Gasteiger partial charge in [0.2, 0.25) is 5.89 Å². The highest BCUT2D eigenvalue weighted by molar-refractivity contribution is 7.10. The molecule has 1 aliphatic heterocycles. The molecule has 1 saturated carbocycles. The van der Waals surface area contributed by atoms with Crippen LogP contribution in [0.4, 0.5) is 0 Å². The van der Waals surface area contributed by atoms with E-state index in [4.69, 9.17) is 9.51 Å². The zero-order valence-corrected chi connectivity index (χ0v) is 17.1. The summed E-state index contributed by atoms with van der Waals surface area (Å²) in [6.07, 6.45) is 8.78. The van der Waals surface area contributed by atoms with Crippen LogP contribution in [0.1, 0.15) is 71.2 Å². The number of aryl methyl sites for hydroxylation is 1. The quantitative estimate of drug-likeness (QED) is 0.618. The Morgan fingerprint density at radius 2 is 2.04 bits per heavy atom. The van der Waals surface area contributed by atoms with E-state index in [1.54, 1.807) is 0 Å². The van der Waals surface area contributed by atoms with Gasteiger partial charge in [0, 0.05) is 48.7 Å². The molecule has 0 N–H and O–H groups in total. The van der Waals surface area contributed by atoms with Crippen molar-refractivity contribution in [2.45, 2.75) is 56.9 Å².